The maximum Gasteiger partial charge on any atom is 0.320 e. The van der Waals surface area contributed by atoms with Gasteiger partial charge in [0, 0.05) is 54.8 Å². The standard InChI is InChI=1S/C20H24N6O3/c27-8-3-9-29-20-23-18(12-19(24-20)26-6-10-28-11-7-26)25-22-14-15-13-21-17-5-2-1-4-16(15)17/h1-2,4-5,12-14,21,27H,3,6-11H2,(H,23,24,25)/b22-14+. The fourth-order valence-electron chi connectivity index (χ4n) is 3.09. The number of aromatic amines is 1. The largest absolute Gasteiger partial charge is 0.463 e. The van der Waals surface area contributed by atoms with Gasteiger partial charge in [-0.05, 0) is 6.07 Å². The predicted molar refractivity (Wildman–Crippen MR) is 112 cm³/mol. The van der Waals surface area contributed by atoms with E-state index in [0.29, 0.717) is 32.1 Å². The van der Waals surface area contributed by atoms with Crippen LogP contribution >= 0.6 is 0 Å². The van der Waals surface area contributed by atoms with Crippen LogP contribution in [-0.4, -0.2) is 65.8 Å². The van der Waals surface area contributed by atoms with Gasteiger partial charge in [-0.25, -0.2) is 0 Å². The number of ether oxygens (including phenoxy) is 2. The molecule has 0 saturated carbocycles. The molecule has 1 aliphatic rings. The number of hydrogen-bond acceptors (Lipinski definition) is 8. The molecule has 0 spiro atoms. The van der Waals surface area contributed by atoms with Gasteiger partial charge in [-0.15, -0.1) is 0 Å². The first-order valence-electron chi connectivity index (χ1n) is 9.64. The number of para-hydroxylation sites is 1. The molecule has 9 heteroatoms. The second-order valence-electron chi connectivity index (χ2n) is 6.58. The van der Waals surface area contributed by atoms with Crippen LogP contribution in [0.25, 0.3) is 10.9 Å². The van der Waals surface area contributed by atoms with Gasteiger partial charge in [0.1, 0.15) is 5.82 Å². The van der Waals surface area contributed by atoms with Crippen molar-refractivity contribution in [3.05, 3.63) is 42.1 Å². The van der Waals surface area contributed by atoms with E-state index in [1.54, 1.807) is 6.21 Å². The zero-order chi connectivity index (χ0) is 19.9. The van der Waals surface area contributed by atoms with E-state index in [9.17, 15) is 0 Å². The second-order valence-corrected chi connectivity index (χ2v) is 6.58. The second kappa shape index (κ2) is 9.35. The summed E-state index contributed by atoms with van der Waals surface area (Å²) in [4.78, 5) is 14.2. The summed E-state index contributed by atoms with van der Waals surface area (Å²) in [5.41, 5.74) is 5.02. The molecular formula is C20H24N6O3. The van der Waals surface area contributed by atoms with Crippen LogP contribution in [0.3, 0.4) is 0 Å². The third-order valence-corrected chi connectivity index (χ3v) is 4.56. The highest BCUT2D eigenvalue weighted by Gasteiger charge is 2.15. The summed E-state index contributed by atoms with van der Waals surface area (Å²) in [6.07, 6.45) is 4.19. The summed E-state index contributed by atoms with van der Waals surface area (Å²) in [6, 6.07) is 10.2. The van der Waals surface area contributed by atoms with Crippen molar-refractivity contribution in [2.24, 2.45) is 5.10 Å². The van der Waals surface area contributed by atoms with Crippen LogP contribution in [0.4, 0.5) is 11.6 Å². The summed E-state index contributed by atoms with van der Waals surface area (Å²) in [5, 5.41) is 14.4. The van der Waals surface area contributed by atoms with Gasteiger partial charge in [-0.2, -0.15) is 15.1 Å². The highest BCUT2D eigenvalue weighted by atomic mass is 16.5. The Balaban J connectivity index is 1.52. The van der Waals surface area contributed by atoms with Crippen molar-refractivity contribution >= 4 is 28.8 Å². The number of morpholine rings is 1. The van der Waals surface area contributed by atoms with Gasteiger partial charge >= 0.3 is 6.01 Å². The molecule has 1 fully saturated rings. The Kier molecular flexibility index (Phi) is 6.18. The number of H-pyrrole nitrogens is 1. The van der Waals surface area contributed by atoms with Gasteiger partial charge < -0.3 is 24.5 Å². The minimum Gasteiger partial charge on any atom is -0.463 e. The Hall–Kier alpha value is -3.17. The Bertz CT molecular complexity index is 968. The van der Waals surface area contributed by atoms with Crippen LogP contribution in [0.15, 0.2) is 41.6 Å². The number of aliphatic hydroxyl groups excluding tert-OH is 1. The van der Waals surface area contributed by atoms with Crippen LogP contribution in [0.2, 0.25) is 0 Å². The van der Waals surface area contributed by atoms with Gasteiger partial charge in [-0.3, -0.25) is 5.43 Å². The summed E-state index contributed by atoms with van der Waals surface area (Å²) in [6.45, 7) is 3.24. The van der Waals surface area contributed by atoms with E-state index >= 15 is 0 Å². The Morgan fingerprint density at radius 1 is 1.28 bits per heavy atom. The highest BCUT2D eigenvalue weighted by molar-refractivity contribution is 5.99. The van der Waals surface area contributed by atoms with Gasteiger partial charge in [0.15, 0.2) is 5.82 Å². The van der Waals surface area contributed by atoms with Crippen molar-refractivity contribution in [1.29, 1.82) is 0 Å². The first kappa shape index (κ1) is 19.2. The van der Waals surface area contributed by atoms with Gasteiger partial charge in [-0.1, -0.05) is 18.2 Å². The van der Waals surface area contributed by atoms with Crippen LogP contribution < -0.4 is 15.1 Å². The van der Waals surface area contributed by atoms with Gasteiger partial charge in [0.2, 0.25) is 0 Å². The van der Waals surface area contributed by atoms with E-state index in [2.05, 4.69) is 30.4 Å². The third-order valence-electron chi connectivity index (χ3n) is 4.56. The van der Waals surface area contributed by atoms with Crippen LogP contribution in [0.5, 0.6) is 6.01 Å². The zero-order valence-corrected chi connectivity index (χ0v) is 16.0. The van der Waals surface area contributed by atoms with E-state index in [1.807, 2.05) is 36.5 Å². The molecule has 3 heterocycles. The SMILES string of the molecule is OCCCOc1nc(N/N=C/c2c[nH]c3ccccc23)cc(N2CCOCC2)n1. The number of anilines is 2. The molecule has 1 aromatic carbocycles. The molecule has 0 radical (unpaired) electrons. The summed E-state index contributed by atoms with van der Waals surface area (Å²) >= 11 is 0. The number of benzene rings is 1. The highest BCUT2D eigenvalue weighted by Crippen LogP contribution is 2.21. The Morgan fingerprint density at radius 2 is 2.14 bits per heavy atom. The lowest BCUT2D eigenvalue weighted by molar-refractivity contribution is 0.122. The van der Waals surface area contributed by atoms with Crippen molar-refractivity contribution in [3.8, 4) is 6.01 Å². The van der Waals surface area contributed by atoms with E-state index in [-0.39, 0.29) is 12.6 Å². The monoisotopic (exact) mass is 396 g/mol. The van der Waals surface area contributed by atoms with E-state index in [0.717, 1.165) is 35.4 Å². The molecular weight excluding hydrogens is 372 g/mol. The minimum atomic E-state index is 0.0587. The van der Waals surface area contributed by atoms with Crippen molar-refractivity contribution in [2.45, 2.75) is 6.42 Å². The number of hydrazone groups is 1. The quantitative estimate of drug-likeness (QED) is 0.304. The number of aliphatic hydroxyl groups is 1. The summed E-state index contributed by atoms with van der Waals surface area (Å²) in [5.74, 6) is 1.30. The molecule has 1 saturated heterocycles. The first-order valence-corrected chi connectivity index (χ1v) is 9.64. The molecule has 0 bridgehead atoms. The van der Waals surface area contributed by atoms with Gasteiger partial charge in [0.05, 0.1) is 26.0 Å². The molecule has 0 aliphatic carbocycles. The molecule has 0 atom stereocenters. The minimum absolute atomic E-state index is 0.0587. The Morgan fingerprint density at radius 3 is 3.00 bits per heavy atom. The lowest BCUT2D eigenvalue weighted by Crippen LogP contribution is -2.36. The number of hydrogen-bond donors (Lipinski definition) is 3. The fourth-order valence-corrected chi connectivity index (χ4v) is 3.09. The molecule has 29 heavy (non-hydrogen) atoms. The van der Waals surface area contributed by atoms with Crippen LogP contribution in [-0.2, 0) is 4.74 Å². The maximum absolute atomic E-state index is 8.96. The molecule has 1 aliphatic heterocycles. The summed E-state index contributed by atoms with van der Waals surface area (Å²) < 4.78 is 11.0. The molecule has 2 aromatic heterocycles. The average molecular weight is 396 g/mol. The molecule has 9 nitrogen and oxygen atoms in total. The summed E-state index contributed by atoms with van der Waals surface area (Å²) in [7, 11) is 0. The number of aromatic nitrogens is 3. The number of fused-ring (bicyclic) bond motifs is 1. The molecule has 4 rings (SSSR count). The lowest BCUT2D eigenvalue weighted by Gasteiger charge is -2.28. The van der Waals surface area contributed by atoms with E-state index < -0.39 is 0 Å². The smallest absolute Gasteiger partial charge is 0.320 e. The molecule has 0 unspecified atom stereocenters. The number of nitrogens with zero attached hydrogens (tertiary/aromatic N) is 4. The van der Waals surface area contributed by atoms with Crippen LogP contribution in [0, 0.1) is 0 Å². The maximum atomic E-state index is 8.96. The van der Waals surface area contributed by atoms with Crippen molar-refractivity contribution in [2.75, 3.05) is 49.8 Å². The molecule has 0 amide bonds. The fraction of sp³-hybridized carbons (Fsp3) is 0.350. The lowest BCUT2D eigenvalue weighted by atomic mass is 10.2. The van der Waals surface area contributed by atoms with Crippen molar-refractivity contribution in [3.63, 3.8) is 0 Å². The molecule has 3 N–H and O–H groups in total. The third kappa shape index (κ3) is 4.82. The number of rotatable bonds is 8. The Labute approximate surface area is 168 Å². The molecule has 152 valence electrons. The number of nitrogens with one attached hydrogen (secondary N) is 2. The normalized spacial score (nSPS) is 14.6. The zero-order valence-electron chi connectivity index (χ0n) is 16.0. The van der Waals surface area contributed by atoms with Crippen LogP contribution in [0.1, 0.15) is 12.0 Å². The van der Waals surface area contributed by atoms with Crippen molar-refractivity contribution in [1.82, 2.24) is 15.0 Å². The first-order chi connectivity index (χ1) is 14.3. The van der Waals surface area contributed by atoms with Crippen molar-refractivity contribution < 1.29 is 14.6 Å². The topological polar surface area (TPSA) is 108 Å². The van der Waals surface area contributed by atoms with E-state index in [4.69, 9.17) is 14.6 Å². The van der Waals surface area contributed by atoms with E-state index in [1.165, 1.54) is 0 Å². The average Bonchev–Trinajstić information content (AvgIpc) is 3.18. The van der Waals surface area contributed by atoms with Gasteiger partial charge in [0.25, 0.3) is 0 Å². The predicted octanol–water partition coefficient (Wildman–Crippen LogP) is 2.00. The molecule has 3 aromatic rings.